The van der Waals surface area contributed by atoms with Crippen LogP contribution in [0.5, 0.6) is 5.75 Å². The van der Waals surface area contributed by atoms with Gasteiger partial charge in [0.05, 0.1) is 12.8 Å². The summed E-state index contributed by atoms with van der Waals surface area (Å²) in [7, 11) is 1.29. The second-order valence-electron chi connectivity index (χ2n) is 3.92. The number of nitrogens with zero attached hydrogens (tertiary/aromatic N) is 2. The Morgan fingerprint density at radius 1 is 1.29 bits per heavy atom. The number of carbonyl (C=O) groups is 2. The van der Waals surface area contributed by atoms with Crippen molar-refractivity contribution in [3.05, 3.63) is 47.0 Å². The molecule has 0 saturated heterocycles. The maximum atomic E-state index is 11.9. The highest BCUT2D eigenvalue weighted by molar-refractivity contribution is 7.03. The number of esters is 1. The number of ether oxygens (including phenoxy) is 2. The highest BCUT2D eigenvalue weighted by atomic mass is 32.1. The summed E-state index contributed by atoms with van der Waals surface area (Å²) >= 11 is 1.22. The summed E-state index contributed by atoms with van der Waals surface area (Å²) in [4.78, 5) is 22.9. The van der Waals surface area contributed by atoms with Gasteiger partial charge in [0, 0.05) is 10.9 Å². The monoisotopic (exact) mass is 304 g/mol. The van der Waals surface area contributed by atoms with E-state index in [1.54, 1.807) is 35.7 Å². The first-order chi connectivity index (χ1) is 10.2. The molecule has 0 aliphatic heterocycles. The molecule has 0 bridgehead atoms. The topological polar surface area (TPSA) is 78.4 Å². The molecule has 0 aliphatic rings. The number of carbonyl (C=O) groups excluding carboxylic acids is 2. The summed E-state index contributed by atoms with van der Waals surface area (Å²) in [6, 6.07) is 6.49. The molecular weight excluding hydrogens is 292 g/mol. The Bertz CT molecular complexity index is 636. The molecule has 1 heterocycles. The van der Waals surface area contributed by atoms with Crippen LogP contribution in [0, 0.1) is 0 Å². The maximum absolute atomic E-state index is 11.9. The van der Waals surface area contributed by atoms with Gasteiger partial charge in [-0.25, -0.2) is 4.79 Å². The minimum absolute atomic E-state index is 0.150. The van der Waals surface area contributed by atoms with Crippen LogP contribution in [0.3, 0.4) is 0 Å². The fourth-order valence-corrected chi connectivity index (χ4v) is 1.84. The molecule has 0 N–H and O–H groups in total. The van der Waals surface area contributed by atoms with Crippen molar-refractivity contribution >= 4 is 29.4 Å². The van der Waals surface area contributed by atoms with E-state index < -0.39 is 5.97 Å². The number of methoxy groups -OCH3 is 1. The third-order valence-electron chi connectivity index (χ3n) is 2.51. The predicted molar refractivity (Wildman–Crippen MR) is 77.2 cm³/mol. The predicted octanol–water partition coefficient (Wildman–Crippen LogP) is 1.99. The highest BCUT2D eigenvalue weighted by Crippen LogP contribution is 2.13. The summed E-state index contributed by atoms with van der Waals surface area (Å²) < 4.78 is 13.4. The lowest BCUT2D eigenvalue weighted by Gasteiger charge is -2.04. The van der Waals surface area contributed by atoms with Gasteiger partial charge >= 0.3 is 5.97 Å². The molecule has 6 nitrogen and oxygen atoms in total. The van der Waals surface area contributed by atoms with Gasteiger partial charge < -0.3 is 9.47 Å². The van der Waals surface area contributed by atoms with Crippen LogP contribution in [0.25, 0.3) is 6.08 Å². The van der Waals surface area contributed by atoms with Crippen molar-refractivity contribution in [2.75, 3.05) is 13.7 Å². The van der Waals surface area contributed by atoms with Crippen LogP contribution >= 0.6 is 11.5 Å². The smallest absolute Gasteiger partial charge is 0.343 e. The molecule has 0 aliphatic carbocycles. The van der Waals surface area contributed by atoms with Gasteiger partial charge in [-0.3, -0.25) is 4.79 Å². The molecule has 0 spiro atoms. The van der Waals surface area contributed by atoms with Crippen LogP contribution in [-0.4, -0.2) is 35.1 Å². The molecule has 1 aromatic heterocycles. The third-order valence-corrected chi connectivity index (χ3v) is 3.03. The van der Waals surface area contributed by atoms with Gasteiger partial charge in [0.1, 0.15) is 5.75 Å². The Balaban J connectivity index is 1.95. The Morgan fingerprint density at radius 2 is 2.05 bits per heavy atom. The van der Waals surface area contributed by atoms with Gasteiger partial charge in [-0.15, -0.1) is 5.10 Å². The summed E-state index contributed by atoms with van der Waals surface area (Å²) in [5.41, 5.74) is 1.16. The Morgan fingerprint density at radius 3 is 2.67 bits per heavy atom. The van der Waals surface area contributed by atoms with Crippen molar-refractivity contribution in [2.45, 2.75) is 0 Å². The average molecular weight is 304 g/mol. The molecule has 0 fully saturated rings. The molecule has 2 aromatic rings. The van der Waals surface area contributed by atoms with Crippen LogP contribution < -0.4 is 4.74 Å². The quantitative estimate of drug-likeness (QED) is 0.461. The van der Waals surface area contributed by atoms with E-state index in [1.807, 2.05) is 0 Å². The van der Waals surface area contributed by atoms with Gasteiger partial charge in [-0.05, 0) is 47.9 Å². The van der Waals surface area contributed by atoms with Crippen LogP contribution in [-0.2, 0) is 9.53 Å². The SMILES string of the molecule is COC(=O)COc1ccc(C(=O)/C=C\c2csnn2)cc1. The Kier molecular flexibility index (Phi) is 5.16. The number of benzene rings is 1. The minimum atomic E-state index is -0.463. The van der Waals surface area contributed by atoms with Crippen molar-refractivity contribution in [1.82, 2.24) is 9.59 Å². The molecule has 7 heteroatoms. The van der Waals surface area contributed by atoms with Crippen LogP contribution in [0.15, 0.2) is 35.7 Å². The number of ketones is 1. The molecule has 2 rings (SSSR count). The lowest BCUT2D eigenvalue weighted by atomic mass is 10.1. The van der Waals surface area contributed by atoms with Crippen LogP contribution in [0.1, 0.15) is 16.1 Å². The van der Waals surface area contributed by atoms with Crippen LogP contribution in [0.2, 0.25) is 0 Å². The number of rotatable bonds is 6. The summed E-state index contributed by atoms with van der Waals surface area (Å²) in [5.74, 6) is -0.123. The van der Waals surface area contributed by atoms with E-state index in [2.05, 4.69) is 14.3 Å². The minimum Gasteiger partial charge on any atom is -0.482 e. The molecule has 0 amide bonds. The van der Waals surface area contributed by atoms with E-state index in [-0.39, 0.29) is 12.4 Å². The largest absolute Gasteiger partial charge is 0.482 e. The summed E-state index contributed by atoms with van der Waals surface area (Å²) in [5, 5.41) is 5.55. The van der Waals surface area contributed by atoms with Crippen molar-refractivity contribution in [2.24, 2.45) is 0 Å². The molecule has 21 heavy (non-hydrogen) atoms. The standard InChI is InChI=1S/C14H12N2O4S/c1-19-14(18)8-20-12-5-2-10(3-6-12)13(17)7-4-11-9-21-16-15-11/h2-7,9H,8H2,1H3/b7-4-. The maximum Gasteiger partial charge on any atom is 0.343 e. The molecule has 1 aromatic carbocycles. The number of hydrogen-bond donors (Lipinski definition) is 0. The molecule has 0 atom stereocenters. The van der Waals surface area contributed by atoms with Gasteiger partial charge in [0.15, 0.2) is 12.4 Å². The fraction of sp³-hybridized carbons (Fsp3) is 0.143. The Hall–Kier alpha value is -2.54. The van der Waals surface area contributed by atoms with Gasteiger partial charge in [-0.2, -0.15) is 0 Å². The van der Waals surface area contributed by atoms with E-state index in [0.29, 0.717) is 17.0 Å². The van der Waals surface area contributed by atoms with E-state index in [9.17, 15) is 9.59 Å². The van der Waals surface area contributed by atoms with Gasteiger partial charge in [0.25, 0.3) is 0 Å². The lowest BCUT2D eigenvalue weighted by Crippen LogP contribution is -2.12. The first kappa shape index (κ1) is 14.9. The normalized spacial score (nSPS) is 10.5. The van der Waals surface area contributed by atoms with E-state index >= 15 is 0 Å². The van der Waals surface area contributed by atoms with E-state index in [1.165, 1.54) is 24.7 Å². The van der Waals surface area contributed by atoms with Crippen molar-refractivity contribution in [3.63, 3.8) is 0 Å². The second kappa shape index (κ2) is 7.30. The molecule has 0 unspecified atom stereocenters. The zero-order valence-corrected chi connectivity index (χ0v) is 12.0. The third kappa shape index (κ3) is 4.50. The first-order valence-electron chi connectivity index (χ1n) is 5.98. The average Bonchev–Trinajstić information content (AvgIpc) is 3.04. The van der Waals surface area contributed by atoms with Crippen molar-refractivity contribution in [3.8, 4) is 5.75 Å². The van der Waals surface area contributed by atoms with E-state index in [0.717, 1.165) is 0 Å². The van der Waals surface area contributed by atoms with E-state index in [4.69, 9.17) is 4.74 Å². The number of allylic oxidation sites excluding steroid dienone is 1. The Labute approximate surface area is 125 Å². The second-order valence-corrected chi connectivity index (χ2v) is 4.53. The summed E-state index contributed by atoms with van der Waals surface area (Å²) in [6.07, 6.45) is 3.04. The number of hydrogen-bond acceptors (Lipinski definition) is 7. The van der Waals surface area contributed by atoms with Crippen LogP contribution in [0.4, 0.5) is 0 Å². The first-order valence-corrected chi connectivity index (χ1v) is 6.82. The summed E-state index contributed by atoms with van der Waals surface area (Å²) in [6.45, 7) is -0.166. The van der Waals surface area contributed by atoms with Crippen molar-refractivity contribution < 1.29 is 19.1 Å². The highest BCUT2D eigenvalue weighted by Gasteiger charge is 2.04. The fourth-order valence-electron chi connectivity index (χ4n) is 1.42. The zero-order valence-electron chi connectivity index (χ0n) is 11.2. The molecule has 0 saturated carbocycles. The van der Waals surface area contributed by atoms with Gasteiger partial charge in [0.2, 0.25) is 0 Å². The number of aromatic nitrogens is 2. The lowest BCUT2D eigenvalue weighted by molar-refractivity contribution is -0.142. The zero-order chi connectivity index (χ0) is 15.1. The van der Waals surface area contributed by atoms with Gasteiger partial charge in [-0.1, -0.05) is 4.49 Å². The molecular formula is C14H12N2O4S. The van der Waals surface area contributed by atoms with Crippen molar-refractivity contribution in [1.29, 1.82) is 0 Å². The molecule has 108 valence electrons. The molecule has 0 radical (unpaired) electrons.